The van der Waals surface area contributed by atoms with Gasteiger partial charge in [-0.15, -0.1) is 10.2 Å². The molecule has 6 aromatic carbocycles. The van der Waals surface area contributed by atoms with Gasteiger partial charge in [-0.1, -0.05) is 161 Å². The lowest BCUT2D eigenvalue weighted by Crippen LogP contribution is -2.61. The Morgan fingerprint density at radius 3 is 1.41 bits per heavy atom. The average molecular weight is 1590 g/mol. The van der Waals surface area contributed by atoms with Crippen molar-refractivity contribution < 1.29 is 72.4 Å². The normalized spacial score (nSPS) is 21.2. The van der Waals surface area contributed by atoms with Gasteiger partial charge in [-0.25, -0.2) is 9.36 Å². The first-order valence-corrected chi connectivity index (χ1v) is 39.1. The van der Waals surface area contributed by atoms with E-state index in [4.69, 9.17) is 9.47 Å². The molecular weight excluding hydrogens is 1490 g/mol. The fraction of sp³-hybridized carbons (Fsp3) is 0.447. The molecule has 8 heterocycles. The summed E-state index contributed by atoms with van der Waals surface area (Å²) in [6.07, 6.45) is 1.85. The molecule has 2 fully saturated rings. The van der Waals surface area contributed by atoms with Crippen LogP contribution in [-0.2, 0) is 91.6 Å². The van der Waals surface area contributed by atoms with Crippen molar-refractivity contribution in [2.75, 3.05) is 40.8 Å². The summed E-state index contributed by atoms with van der Waals surface area (Å²) in [4.78, 5) is 163. The molecule has 8 amide bonds. The first kappa shape index (κ1) is 84.9. The number of fused-ring (bicyclic) bond motifs is 2. The molecule has 8 aromatic rings. The van der Waals surface area contributed by atoms with Crippen molar-refractivity contribution in [3.63, 3.8) is 0 Å². The number of nitrogens with zero attached hydrogens (tertiary/aromatic N) is 9. The van der Waals surface area contributed by atoms with Crippen LogP contribution in [0.4, 0.5) is 0 Å². The Morgan fingerprint density at radius 1 is 0.552 bits per heavy atom. The number of carboxylic acid groups (broad SMARTS) is 2. The molecule has 6 aliphatic rings. The molecule has 116 heavy (non-hydrogen) atoms. The molecule has 0 radical (unpaired) electrons. The number of carbonyl (C=O) groups excluding carboxylic acids is 9. The van der Waals surface area contributed by atoms with Crippen molar-refractivity contribution in [2.45, 2.75) is 186 Å². The lowest BCUT2D eigenvalue weighted by Gasteiger charge is -2.36. The molecule has 31 heteroatoms. The number of nitrogens with one attached hydrogen (secondary N) is 7. The lowest BCUT2D eigenvalue weighted by molar-refractivity contribution is -0.145. The van der Waals surface area contributed by atoms with Gasteiger partial charge in [0, 0.05) is 58.8 Å². The third-order valence-electron chi connectivity index (χ3n) is 21.9. The molecule has 31 nitrogen and oxygen atoms in total. The van der Waals surface area contributed by atoms with Gasteiger partial charge >= 0.3 is 11.9 Å². The van der Waals surface area contributed by atoms with Crippen LogP contribution >= 0.6 is 0 Å². The Morgan fingerprint density at radius 2 is 0.983 bits per heavy atom. The maximum absolute atomic E-state index is 15.5. The lowest BCUT2D eigenvalue weighted by atomic mass is 9.85. The summed E-state index contributed by atoms with van der Waals surface area (Å²) in [5.41, 5.74) is 1.27. The van der Waals surface area contributed by atoms with Gasteiger partial charge in [-0.2, -0.15) is 0 Å². The molecule has 2 aromatic heterocycles. The quantitative estimate of drug-likeness (QED) is 0.0563. The number of hydrogen-bond donors (Lipinski definition) is 9. The molecule has 0 spiro atoms. The summed E-state index contributed by atoms with van der Waals surface area (Å²) in [5.74, 6) is -8.51. The monoisotopic (exact) mass is 1590 g/mol. The molecule has 614 valence electrons. The smallest absolute Gasteiger partial charge is 0.307 e. The molecule has 12 atom stereocenters. The first-order valence-electron chi connectivity index (χ1n) is 39.1. The second kappa shape index (κ2) is 37.1. The van der Waals surface area contributed by atoms with E-state index in [0.29, 0.717) is 45.1 Å². The first-order chi connectivity index (χ1) is 55.2. The highest BCUT2D eigenvalue weighted by molar-refractivity contribution is 5.99. The number of ketones is 1. The number of aliphatic carboxylic acids is 2. The van der Waals surface area contributed by atoms with Crippen LogP contribution in [0.15, 0.2) is 146 Å². The van der Waals surface area contributed by atoms with Gasteiger partial charge < -0.3 is 71.6 Å². The number of carboxylic acids is 2. The van der Waals surface area contributed by atoms with Crippen LogP contribution < -0.4 is 46.7 Å². The minimum Gasteiger partial charge on any atom is -0.487 e. The fourth-order valence-corrected chi connectivity index (χ4v) is 14.8. The van der Waals surface area contributed by atoms with Gasteiger partial charge in [0.1, 0.15) is 72.4 Å². The SMILES string of the molecule is CN[C@@H](C)C(=O)N[C@H](C(=O)N1C[C@@H]2C[C@H]1C(=O)N[C@@H](Cc1ccc3ccccc3c1)C(=O)C[C@H](C(=O)O)Cc1ccc(cc1)OCc1cn(nn1)[C@H]1C[C@@H](C(=O)N[C@@H](Cc3ccc4ccccc4c3)C(=O)N[C@H](C(=O)N(C)CCC(=O)O)Cc3ccc(cc3)OCc3cn2nn3)N(C(=O)[C@@H](NC(=O)[C@H](C)NC)C(C)(C)C)C1)C(C)(C)C. The van der Waals surface area contributed by atoms with Crippen molar-refractivity contribution in [1.29, 1.82) is 0 Å². The zero-order valence-electron chi connectivity index (χ0n) is 67.2. The van der Waals surface area contributed by atoms with Crippen molar-refractivity contribution >= 4 is 86.5 Å². The molecule has 6 aliphatic heterocycles. The van der Waals surface area contributed by atoms with Crippen LogP contribution in [0.3, 0.4) is 0 Å². The minimum absolute atomic E-state index is 0.0335. The standard InChI is InChI=1S/C85H104N16O15/c1-49(86-9)75(105)91-73(84(3,4)5)81(111)98-45-62-41-69(98)78(108)88-66(38-53-20-26-55-16-12-14-18-57(55)35-53)71(102)40-59(83(113)114)34-51-22-28-64(29-23-51)115-47-60-44-101(96-93-60)63-42-70(99(46-63)82(112)74(85(6,7)8)92-76(106)50(2)87-10)79(109)89-67(39-54-21-27-56-17-13-15-19-58(56)36-54)77(107)90-68(80(110)97(11)33-32-72(103)104)37-52-24-30-65(31-25-52)116-48-61-43-100(62)95-94-61/h12-31,35-36,43-44,49-50,59,62-63,66-70,73-74,86-87H,32-34,37-42,45-48H2,1-11H3,(H,88,108)(H,89,109)(H,90,107)(H,91,105)(H,92,106)(H,103,104)(H,113,114)/t49-,50-,59+,62-,63-,66-,67-,68-,69-,70-,73+,74+/m0/s1. The van der Waals surface area contributed by atoms with E-state index in [-0.39, 0.29) is 71.4 Å². The Bertz CT molecular complexity index is 4920. The van der Waals surface area contributed by atoms with E-state index in [1.54, 1.807) is 130 Å². The van der Waals surface area contributed by atoms with E-state index in [1.807, 2.05) is 84.9 Å². The van der Waals surface area contributed by atoms with Crippen LogP contribution in [0.25, 0.3) is 21.5 Å². The average Bonchev–Trinajstić information content (AvgIpc) is 1.25. The van der Waals surface area contributed by atoms with Crippen LogP contribution in [-0.4, -0.2) is 215 Å². The van der Waals surface area contributed by atoms with E-state index < -0.39 is 161 Å². The highest BCUT2D eigenvalue weighted by atomic mass is 16.5. The zero-order chi connectivity index (χ0) is 83.4. The third-order valence-corrected chi connectivity index (χ3v) is 21.9. The Labute approximate surface area is 672 Å². The van der Waals surface area contributed by atoms with Gasteiger partial charge in [0.15, 0.2) is 5.78 Å². The predicted molar refractivity (Wildman–Crippen MR) is 429 cm³/mol. The molecule has 9 N–H and O–H groups in total. The number of rotatable bonds is 17. The maximum atomic E-state index is 15.5. The second-order valence-electron chi connectivity index (χ2n) is 32.6. The van der Waals surface area contributed by atoms with Gasteiger partial charge in [-0.05, 0) is 120 Å². The van der Waals surface area contributed by atoms with E-state index in [2.05, 4.69) is 57.8 Å². The van der Waals surface area contributed by atoms with Gasteiger partial charge in [-0.3, -0.25) is 52.7 Å². The number of hydrogen-bond acceptors (Lipinski definition) is 19. The predicted octanol–water partition coefficient (Wildman–Crippen LogP) is 5.23. The number of aromatic nitrogens is 6. The summed E-state index contributed by atoms with van der Waals surface area (Å²) in [6.45, 7) is 13.3. The van der Waals surface area contributed by atoms with Crippen molar-refractivity contribution in [3.8, 4) is 11.5 Å². The van der Waals surface area contributed by atoms with Gasteiger partial charge in [0.05, 0.1) is 54.9 Å². The second-order valence-corrected chi connectivity index (χ2v) is 32.6. The Kier molecular flexibility index (Phi) is 27.1. The van der Waals surface area contributed by atoms with Crippen molar-refractivity contribution in [3.05, 3.63) is 179 Å². The summed E-state index contributed by atoms with van der Waals surface area (Å²) < 4.78 is 15.5. The van der Waals surface area contributed by atoms with E-state index >= 15 is 28.8 Å². The number of likely N-dealkylation sites (tertiary alicyclic amines) is 2. The Balaban J connectivity index is 0.947. The molecule has 2 saturated heterocycles. The molecule has 14 rings (SSSR count). The molecule has 12 bridgehead atoms. The summed E-state index contributed by atoms with van der Waals surface area (Å²) >= 11 is 0. The molecule has 0 unspecified atom stereocenters. The van der Waals surface area contributed by atoms with Gasteiger partial charge in [0.25, 0.3) is 0 Å². The summed E-state index contributed by atoms with van der Waals surface area (Å²) in [7, 11) is 4.65. The largest absolute Gasteiger partial charge is 0.487 e. The number of benzene rings is 6. The minimum atomic E-state index is -1.41. The fourth-order valence-electron chi connectivity index (χ4n) is 14.8. The van der Waals surface area contributed by atoms with Crippen LogP contribution in [0.5, 0.6) is 11.5 Å². The third kappa shape index (κ3) is 21.3. The van der Waals surface area contributed by atoms with Crippen molar-refractivity contribution in [1.82, 2.24) is 81.9 Å². The Hall–Kier alpha value is -12.0. The maximum Gasteiger partial charge on any atom is 0.307 e. The van der Waals surface area contributed by atoms with E-state index in [1.165, 1.54) is 31.1 Å². The highest BCUT2D eigenvalue weighted by Gasteiger charge is 2.49. The van der Waals surface area contributed by atoms with Crippen LogP contribution in [0, 0.1) is 16.7 Å². The van der Waals surface area contributed by atoms with Gasteiger partial charge in [0.2, 0.25) is 47.3 Å². The summed E-state index contributed by atoms with van der Waals surface area (Å²) in [5, 5.41) is 62.4. The van der Waals surface area contributed by atoms with Crippen LogP contribution in [0.1, 0.15) is 127 Å². The highest BCUT2D eigenvalue weighted by Crippen LogP contribution is 2.35. The molecule has 0 aliphatic carbocycles. The zero-order valence-corrected chi connectivity index (χ0v) is 67.2. The number of ether oxygens (including phenoxy) is 2. The van der Waals surface area contributed by atoms with E-state index in [0.717, 1.165) is 21.5 Å². The van der Waals surface area contributed by atoms with E-state index in [9.17, 15) is 34.2 Å². The topological polar surface area (TPSA) is 402 Å². The molecular formula is C85H104N16O15. The summed E-state index contributed by atoms with van der Waals surface area (Å²) in [6, 6.07) is 28.0. The van der Waals surface area contributed by atoms with Crippen molar-refractivity contribution in [2.24, 2.45) is 16.7 Å². The number of carbonyl (C=O) groups is 11. The number of amides is 8. The number of likely N-dealkylation sites (N-methyl/N-ethyl adjacent to an activating group) is 3. The molecule has 0 saturated carbocycles. The number of Topliss-reactive ketones (excluding diaryl/α,β-unsaturated/α-hetero) is 1. The van der Waals surface area contributed by atoms with Crippen LogP contribution in [0.2, 0.25) is 0 Å².